The Morgan fingerprint density at radius 3 is 2.75 bits per heavy atom. The van der Waals surface area contributed by atoms with Gasteiger partial charge in [0.1, 0.15) is 5.82 Å². The van der Waals surface area contributed by atoms with Crippen LogP contribution in [0.3, 0.4) is 0 Å². The second-order valence-electron chi connectivity index (χ2n) is 4.30. The molecule has 1 saturated carbocycles. The van der Waals surface area contributed by atoms with Gasteiger partial charge in [0.25, 0.3) is 0 Å². The molecule has 0 saturated heterocycles. The molecule has 86 valence electrons. The van der Waals surface area contributed by atoms with Crippen molar-refractivity contribution in [3.8, 4) is 0 Å². The van der Waals surface area contributed by atoms with Gasteiger partial charge in [-0.2, -0.15) is 0 Å². The first kappa shape index (κ1) is 11.1. The van der Waals surface area contributed by atoms with Gasteiger partial charge in [0.15, 0.2) is 0 Å². The Labute approximate surface area is 93.8 Å². The van der Waals surface area contributed by atoms with Crippen molar-refractivity contribution >= 4 is 11.6 Å². The fourth-order valence-corrected chi connectivity index (χ4v) is 1.96. The number of amides is 1. The first-order chi connectivity index (χ1) is 7.66. The standard InChI is InChI=1S/C12H15FN2O/c13-9-3-1-4-10(7-9)15-11(16)12(8-14)5-2-6-12/h1,3-4,7H,2,5-6,8,14H2,(H,15,16). The molecular formula is C12H15FN2O. The highest BCUT2D eigenvalue weighted by atomic mass is 19.1. The second-order valence-corrected chi connectivity index (χ2v) is 4.30. The average Bonchev–Trinajstić information content (AvgIpc) is 2.16. The van der Waals surface area contributed by atoms with Crippen LogP contribution in [0.1, 0.15) is 19.3 Å². The maximum Gasteiger partial charge on any atom is 0.231 e. The van der Waals surface area contributed by atoms with Crippen LogP contribution in [0.15, 0.2) is 24.3 Å². The van der Waals surface area contributed by atoms with Crippen molar-refractivity contribution < 1.29 is 9.18 Å². The van der Waals surface area contributed by atoms with Crippen molar-refractivity contribution in [3.05, 3.63) is 30.1 Å². The van der Waals surface area contributed by atoms with E-state index in [1.54, 1.807) is 12.1 Å². The summed E-state index contributed by atoms with van der Waals surface area (Å²) in [6, 6.07) is 5.89. The molecule has 0 aromatic heterocycles. The van der Waals surface area contributed by atoms with Crippen molar-refractivity contribution in [2.24, 2.45) is 11.1 Å². The number of carbonyl (C=O) groups excluding carboxylic acids is 1. The molecule has 3 N–H and O–H groups in total. The molecule has 0 aliphatic heterocycles. The minimum Gasteiger partial charge on any atom is -0.329 e. The highest BCUT2D eigenvalue weighted by Crippen LogP contribution is 2.40. The van der Waals surface area contributed by atoms with Crippen molar-refractivity contribution in [2.45, 2.75) is 19.3 Å². The third-order valence-corrected chi connectivity index (χ3v) is 3.27. The summed E-state index contributed by atoms with van der Waals surface area (Å²) in [5.74, 6) is -0.444. The summed E-state index contributed by atoms with van der Waals surface area (Å²) in [6.45, 7) is 0.355. The van der Waals surface area contributed by atoms with Crippen LogP contribution in [-0.2, 0) is 4.79 Å². The van der Waals surface area contributed by atoms with E-state index in [0.29, 0.717) is 12.2 Å². The largest absolute Gasteiger partial charge is 0.329 e. The first-order valence-corrected chi connectivity index (χ1v) is 5.43. The smallest absolute Gasteiger partial charge is 0.231 e. The maximum absolute atomic E-state index is 12.9. The zero-order valence-corrected chi connectivity index (χ0v) is 9.00. The minimum atomic E-state index is -0.424. The van der Waals surface area contributed by atoms with E-state index in [-0.39, 0.29) is 11.7 Å². The molecule has 1 aliphatic carbocycles. The fraction of sp³-hybridized carbons (Fsp3) is 0.417. The van der Waals surface area contributed by atoms with Crippen molar-refractivity contribution in [1.82, 2.24) is 0 Å². The quantitative estimate of drug-likeness (QED) is 0.820. The third-order valence-electron chi connectivity index (χ3n) is 3.27. The summed E-state index contributed by atoms with van der Waals surface area (Å²) in [5, 5.41) is 2.72. The Kier molecular flexibility index (Phi) is 2.92. The van der Waals surface area contributed by atoms with Gasteiger partial charge in [-0.05, 0) is 31.0 Å². The summed E-state index contributed by atoms with van der Waals surface area (Å²) < 4.78 is 12.9. The molecule has 0 atom stereocenters. The summed E-state index contributed by atoms with van der Waals surface area (Å²) in [4.78, 5) is 11.9. The third kappa shape index (κ3) is 1.93. The molecule has 1 aromatic rings. The number of benzene rings is 1. The van der Waals surface area contributed by atoms with Gasteiger partial charge in [0, 0.05) is 12.2 Å². The number of nitrogens with one attached hydrogen (secondary N) is 1. The normalized spacial score (nSPS) is 17.6. The number of nitrogens with two attached hydrogens (primary N) is 1. The van der Waals surface area contributed by atoms with E-state index < -0.39 is 5.41 Å². The van der Waals surface area contributed by atoms with Gasteiger partial charge in [-0.3, -0.25) is 4.79 Å². The molecule has 4 heteroatoms. The molecule has 16 heavy (non-hydrogen) atoms. The number of halogens is 1. The molecule has 1 aromatic carbocycles. The maximum atomic E-state index is 12.9. The minimum absolute atomic E-state index is 0.0909. The molecule has 3 nitrogen and oxygen atoms in total. The monoisotopic (exact) mass is 222 g/mol. The van der Waals surface area contributed by atoms with Gasteiger partial charge in [0.2, 0.25) is 5.91 Å². The van der Waals surface area contributed by atoms with Gasteiger partial charge in [-0.25, -0.2) is 4.39 Å². The van der Waals surface area contributed by atoms with Crippen LogP contribution in [0, 0.1) is 11.2 Å². The molecule has 1 aliphatic rings. The van der Waals surface area contributed by atoms with E-state index in [9.17, 15) is 9.18 Å². The molecule has 0 unspecified atom stereocenters. The Balaban J connectivity index is 2.07. The van der Waals surface area contributed by atoms with Crippen LogP contribution in [0.25, 0.3) is 0 Å². The van der Waals surface area contributed by atoms with Crippen molar-refractivity contribution in [1.29, 1.82) is 0 Å². The predicted molar refractivity (Wildman–Crippen MR) is 60.4 cm³/mol. The lowest BCUT2D eigenvalue weighted by atomic mass is 9.68. The van der Waals surface area contributed by atoms with Gasteiger partial charge >= 0.3 is 0 Å². The predicted octanol–water partition coefficient (Wildman–Crippen LogP) is 1.89. The highest BCUT2D eigenvalue weighted by molar-refractivity contribution is 5.96. The molecule has 1 amide bonds. The Morgan fingerprint density at radius 2 is 2.25 bits per heavy atom. The number of carbonyl (C=O) groups is 1. The molecule has 0 radical (unpaired) electrons. The van der Waals surface area contributed by atoms with Crippen LogP contribution in [0.2, 0.25) is 0 Å². The second kappa shape index (κ2) is 4.22. The van der Waals surface area contributed by atoms with E-state index in [1.807, 2.05) is 0 Å². The number of rotatable bonds is 3. The van der Waals surface area contributed by atoms with E-state index in [0.717, 1.165) is 19.3 Å². The highest BCUT2D eigenvalue weighted by Gasteiger charge is 2.42. The number of hydrogen-bond acceptors (Lipinski definition) is 2. The van der Waals surface area contributed by atoms with Gasteiger partial charge in [-0.1, -0.05) is 12.5 Å². The zero-order chi connectivity index (χ0) is 11.6. The van der Waals surface area contributed by atoms with Crippen LogP contribution < -0.4 is 11.1 Å². The fourth-order valence-electron chi connectivity index (χ4n) is 1.96. The lowest BCUT2D eigenvalue weighted by Gasteiger charge is -2.39. The zero-order valence-electron chi connectivity index (χ0n) is 9.00. The van der Waals surface area contributed by atoms with Crippen LogP contribution in [0.5, 0.6) is 0 Å². The topological polar surface area (TPSA) is 55.1 Å². The Hall–Kier alpha value is -1.42. The van der Waals surface area contributed by atoms with E-state index >= 15 is 0 Å². The van der Waals surface area contributed by atoms with Gasteiger partial charge < -0.3 is 11.1 Å². The summed E-state index contributed by atoms with van der Waals surface area (Å²) in [6.07, 6.45) is 2.68. The van der Waals surface area contributed by atoms with E-state index in [4.69, 9.17) is 5.73 Å². The number of hydrogen-bond donors (Lipinski definition) is 2. The first-order valence-electron chi connectivity index (χ1n) is 5.43. The molecular weight excluding hydrogens is 207 g/mol. The molecule has 2 rings (SSSR count). The summed E-state index contributed by atoms with van der Waals surface area (Å²) in [7, 11) is 0. The molecule has 0 spiro atoms. The van der Waals surface area contributed by atoms with E-state index in [2.05, 4.69) is 5.32 Å². The van der Waals surface area contributed by atoms with Crippen LogP contribution in [0.4, 0.5) is 10.1 Å². The van der Waals surface area contributed by atoms with Gasteiger partial charge in [0.05, 0.1) is 5.41 Å². The average molecular weight is 222 g/mol. The van der Waals surface area contributed by atoms with Crippen molar-refractivity contribution in [3.63, 3.8) is 0 Å². The summed E-state index contributed by atoms with van der Waals surface area (Å²) in [5.41, 5.74) is 5.68. The van der Waals surface area contributed by atoms with Crippen LogP contribution in [-0.4, -0.2) is 12.5 Å². The SMILES string of the molecule is NCC1(C(=O)Nc2cccc(F)c2)CCC1. The van der Waals surface area contributed by atoms with Crippen molar-refractivity contribution in [2.75, 3.05) is 11.9 Å². The lowest BCUT2D eigenvalue weighted by Crippen LogP contribution is -2.47. The van der Waals surface area contributed by atoms with Crippen LogP contribution >= 0.6 is 0 Å². The molecule has 1 fully saturated rings. The molecule has 0 bridgehead atoms. The Morgan fingerprint density at radius 1 is 1.50 bits per heavy atom. The Bertz CT molecular complexity index is 396. The summed E-state index contributed by atoms with van der Waals surface area (Å²) >= 11 is 0. The van der Waals surface area contributed by atoms with Gasteiger partial charge in [-0.15, -0.1) is 0 Å². The lowest BCUT2D eigenvalue weighted by molar-refractivity contribution is -0.129. The molecule has 0 heterocycles. The van der Waals surface area contributed by atoms with E-state index in [1.165, 1.54) is 12.1 Å². The number of anilines is 1.